The third kappa shape index (κ3) is 2.06. The van der Waals surface area contributed by atoms with E-state index in [-0.39, 0.29) is 12.2 Å². The Kier molecular flexibility index (Phi) is 2.38. The summed E-state index contributed by atoms with van der Waals surface area (Å²) in [6, 6.07) is -0.139. The maximum atomic E-state index is 10.5. The van der Waals surface area contributed by atoms with Crippen molar-refractivity contribution in [1.29, 1.82) is 0 Å². The van der Waals surface area contributed by atoms with Gasteiger partial charge in [0.2, 0.25) is 0 Å². The van der Waals surface area contributed by atoms with Crippen molar-refractivity contribution in [2.75, 3.05) is 6.07 Å². The highest BCUT2D eigenvalue weighted by Crippen LogP contribution is 2.32. The summed E-state index contributed by atoms with van der Waals surface area (Å²) < 4.78 is 9.11. The van der Waals surface area contributed by atoms with Gasteiger partial charge in [0.1, 0.15) is 6.10 Å². The van der Waals surface area contributed by atoms with Crippen LogP contribution in [0.25, 0.3) is 0 Å². The molecule has 1 aliphatic rings. The van der Waals surface area contributed by atoms with Gasteiger partial charge in [-0.3, -0.25) is 0 Å². The number of hydrogen-bond donors (Lipinski definition) is 0. The van der Waals surface area contributed by atoms with E-state index in [1.807, 2.05) is 6.92 Å². The van der Waals surface area contributed by atoms with Gasteiger partial charge in [0.05, 0.1) is 0 Å². The van der Waals surface area contributed by atoms with E-state index in [2.05, 4.69) is 4.74 Å². The quantitative estimate of drug-likeness (QED) is 0.461. The van der Waals surface area contributed by atoms with Crippen molar-refractivity contribution >= 4 is 17.8 Å². The first-order chi connectivity index (χ1) is 4.74. The molecule has 0 amide bonds. The molecule has 0 saturated heterocycles. The van der Waals surface area contributed by atoms with Gasteiger partial charge in [0.15, 0.2) is 6.07 Å². The van der Waals surface area contributed by atoms with Gasteiger partial charge in [0.25, 0.3) is 0 Å². The Morgan fingerprint density at radius 3 is 2.80 bits per heavy atom. The first kappa shape index (κ1) is 7.66. The number of hydrogen-bond acceptors (Lipinski definition) is 3. The predicted molar refractivity (Wildman–Crippen MR) is 35.9 cm³/mol. The van der Waals surface area contributed by atoms with Crippen LogP contribution in [0.3, 0.4) is 0 Å². The topological polar surface area (TPSA) is 35.5 Å². The summed E-state index contributed by atoms with van der Waals surface area (Å²) in [6.45, 7) is 2.01. The second-order valence-electron chi connectivity index (χ2n) is 2.37. The SMILES string of the molecule is CC1CC1OC(=O)OCCl. The lowest BCUT2D eigenvalue weighted by atomic mass is 10.5. The molecule has 0 spiro atoms. The monoisotopic (exact) mass is 164 g/mol. The van der Waals surface area contributed by atoms with Crippen LogP contribution in [0.15, 0.2) is 0 Å². The third-order valence-electron chi connectivity index (χ3n) is 1.46. The molecule has 0 aliphatic heterocycles. The average Bonchev–Trinajstić information content (AvgIpc) is 2.47. The predicted octanol–water partition coefficient (Wildman–Crippen LogP) is 1.74. The van der Waals surface area contributed by atoms with Crippen LogP contribution in [0.1, 0.15) is 13.3 Å². The second kappa shape index (κ2) is 3.10. The molecule has 58 valence electrons. The molecule has 2 unspecified atom stereocenters. The zero-order chi connectivity index (χ0) is 7.56. The van der Waals surface area contributed by atoms with Crippen molar-refractivity contribution in [3.63, 3.8) is 0 Å². The molecule has 0 aromatic rings. The normalized spacial score (nSPS) is 29.4. The Hall–Kier alpha value is -0.440. The van der Waals surface area contributed by atoms with Crippen molar-refractivity contribution in [2.24, 2.45) is 5.92 Å². The van der Waals surface area contributed by atoms with E-state index in [1.54, 1.807) is 0 Å². The van der Waals surface area contributed by atoms with Crippen LogP contribution < -0.4 is 0 Å². The number of carbonyl (C=O) groups is 1. The van der Waals surface area contributed by atoms with E-state index in [9.17, 15) is 4.79 Å². The van der Waals surface area contributed by atoms with E-state index in [1.165, 1.54) is 0 Å². The molecule has 0 radical (unpaired) electrons. The van der Waals surface area contributed by atoms with Crippen molar-refractivity contribution in [3.8, 4) is 0 Å². The van der Waals surface area contributed by atoms with Crippen LogP contribution in [0.2, 0.25) is 0 Å². The summed E-state index contributed by atoms with van der Waals surface area (Å²) in [4.78, 5) is 10.5. The van der Waals surface area contributed by atoms with E-state index in [4.69, 9.17) is 16.3 Å². The Balaban J connectivity index is 2.07. The maximum absolute atomic E-state index is 10.5. The van der Waals surface area contributed by atoms with Crippen LogP contribution in [0.4, 0.5) is 4.79 Å². The Labute approximate surface area is 64.3 Å². The van der Waals surface area contributed by atoms with Crippen molar-refractivity contribution in [3.05, 3.63) is 0 Å². The standard InChI is InChI=1S/C6H9ClO3/c1-4-2-5(4)10-6(8)9-3-7/h4-5H,2-3H2,1H3. The molecule has 2 atom stereocenters. The van der Waals surface area contributed by atoms with Crippen LogP contribution in [0, 0.1) is 5.92 Å². The molecule has 0 aromatic carbocycles. The molecular weight excluding hydrogens is 156 g/mol. The van der Waals surface area contributed by atoms with Gasteiger partial charge in [-0.1, -0.05) is 18.5 Å². The van der Waals surface area contributed by atoms with Gasteiger partial charge in [0, 0.05) is 0 Å². The Morgan fingerprint density at radius 2 is 2.40 bits per heavy atom. The molecule has 4 heteroatoms. The number of alkyl halides is 1. The van der Waals surface area contributed by atoms with E-state index in [0.717, 1.165) is 6.42 Å². The van der Waals surface area contributed by atoms with Gasteiger partial charge < -0.3 is 9.47 Å². The fourth-order valence-electron chi connectivity index (χ4n) is 0.654. The molecule has 0 bridgehead atoms. The molecule has 1 aliphatic carbocycles. The number of carbonyl (C=O) groups excluding carboxylic acids is 1. The van der Waals surface area contributed by atoms with E-state index >= 15 is 0 Å². The minimum atomic E-state index is -0.663. The van der Waals surface area contributed by atoms with E-state index in [0.29, 0.717) is 5.92 Å². The zero-order valence-electron chi connectivity index (χ0n) is 5.67. The summed E-state index contributed by atoms with van der Waals surface area (Å²) in [5.74, 6) is 0.489. The fourth-order valence-corrected chi connectivity index (χ4v) is 0.743. The molecule has 0 N–H and O–H groups in total. The molecule has 10 heavy (non-hydrogen) atoms. The minimum Gasteiger partial charge on any atom is -0.431 e. The van der Waals surface area contributed by atoms with Gasteiger partial charge in [-0.2, -0.15) is 0 Å². The summed E-state index contributed by atoms with van der Waals surface area (Å²) >= 11 is 5.11. The van der Waals surface area contributed by atoms with E-state index < -0.39 is 6.16 Å². The molecular formula is C6H9ClO3. The van der Waals surface area contributed by atoms with Crippen LogP contribution in [0.5, 0.6) is 0 Å². The van der Waals surface area contributed by atoms with Crippen molar-refractivity contribution in [1.82, 2.24) is 0 Å². The Bertz CT molecular complexity index is 137. The first-order valence-electron chi connectivity index (χ1n) is 3.13. The molecule has 1 saturated carbocycles. The number of ether oxygens (including phenoxy) is 2. The van der Waals surface area contributed by atoms with Gasteiger partial charge >= 0.3 is 6.16 Å². The summed E-state index contributed by atoms with van der Waals surface area (Å²) in [5, 5.41) is 0. The second-order valence-corrected chi connectivity index (χ2v) is 2.59. The van der Waals surface area contributed by atoms with Crippen LogP contribution >= 0.6 is 11.6 Å². The lowest BCUT2D eigenvalue weighted by Gasteiger charge is -2.00. The lowest BCUT2D eigenvalue weighted by Crippen LogP contribution is -2.08. The highest BCUT2D eigenvalue weighted by molar-refractivity contribution is 6.17. The molecule has 0 aromatic heterocycles. The zero-order valence-corrected chi connectivity index (χ0v) is 6.43. The third-order valence-corrected chi connectivity index (χ3v) is 1.56. The van der Waals surface area contributed by atoms with Crippen molar-refractivity contribution < 1.29 is 14.3 Å². The molecule has 1 fully saturated rings. The van der Waals surface area contributed by atoms with Crippen LogP contribution in [-0.2, 0) is 9.47 Å². The summed E-state index contributed by atoms with van der Waals surface area (Å²) in [6.07, 6.45) is 0.345. The van der Waals surface area contributed by atoms with Crippen molar-refractivity contribution in [2.45, 2.75) is 19.4 Å². The number of halogens is 1. The lowest BCUT2D eigenvalue weighted by molar-refractivity contribution is 0.0585. The average molecular weight is 165 g/mol. The highest BCUT2D eigenvalue weighted by Gasteiger charge is 2.36. The molecule has 0 heterocycles. The van der Waals surface area contributed by atoms with Gasteiger partial charge in [-0.05, 0) is 12.3 Å². The van der Waals surface area contributed by atoms with Crippen LogP contribution in [-0.4, -0.2) is 18.3 Å². The van der Waals surface area contributed by atoms with Gasteiger partial charge in [-0.25, -0.2) is 4.79 Å². The fraction of sp³-hybridized carbons (Fsp3) is 0.833. The largest absolute Gasteiger partial charge is 0.509 e. The van der Waals surface area contributed by atoms with Gasteiger partial charge in [-0.15, -0.1) is 0 Å². The smallest absolute Gasteiger partial charge is 0.431 e. The number of rotatable bonds is 2. The molecule has 3 nitrogen and oxygen atoms in total. The minimum absolute atomic E-state index is 0.0655. The summed E-state index contributed by atoms with van der Waals surface area (Å²) in [7, 11) is 0. The first-order valence-corrected chi connectivity index (χ1v) is 3.67. The maximum Gasteiger partial charge on any atom is 0.509 e. The molecule has 1 rings (SSSR count). The summed E-state index contributed by atoms with van der Waals surface area (Å²) in [5.41, 5.74) is 0. The Morgan fingerprint density at radius 1 is 1.80 bits per heavy atom. The highest BCUT2D eigenvalue weighted by atomic mass is 35.5.